The van der Waals surface area contributed by atoms with Crippen molar-refractivity contribution >= 4 is 5.97 Å². The fraction of sp³-hybridized carbons (Fsp3) is 0.889. The first kappa shape index (κ1) is 10.4. The third-order valence-electron chi connectivity index (χ3n) is 2.53. The summed E-state index contributed by atoms with van der Waals surface area (Å²) in [6, 6.07) is 0. The molecule has 1 saturated heterocycles. The highest BCUT2D eigenvalue weighted by Crippen LogP contribution is 2.30. The molecule has 1 aliphatic heterocycles. The Morgan fingerprint density at radius 3 is 2.92 bits per heavy atom. The Balaban J connectivity index is 2.67. The average Bonchev–Trinajstić information content (AvgIpc) is 2.48. The van der Waals surface area contributed by atoms with Crippen LogP contribution >= 0.6 is 0 Å². The smallest absolute Gasteiger partial charge is 0.345 e. The van der Waals surface area contributed by atoms with Crippen molar-refractivity contribution in [3.05, 3.63) is 0 Å². The van der Waals surface area contributed by atoms with Gasteiger partial charge in [0, 0.05) is 19.0 Å². The van der Waals surface area contributed by atoms with Crippen LogP contribution < -0.4 is 5.32 Å². The Labute approximate surface area is 77.6 Å². The van der Waals surface area contributed by atoms with Crippen molar-refractivity contribution in [3.63, 3.8) is 0 Å². The standard InChI is InChI=1S/C9H16FNO2/c1-3-7-5-11-6-9(7,10)8(12)13-4-2/h7,11H,3-6H2,1-2H3/t7-,9+/m1/s1. The zero-order valence-electron chi connectivity index (χ0n) is 8.10. The predicted molar refractivity (Wildman–Crippen MR) is 47.1 cm³/mol. The van der Waals surface area contributed by atoms with E-state index in [2.05, 4.69) is 5.32 Å². The summed E-state index contributed by atoms with van der Waals surface area (Å²) < 4.78 is 18.7. The summed E-state index contributed by atoms with van der Waals surface area (Å²) in [5.41, 5.74) is -1.80. The number of carbonyl (C=O) groups is 1. The van der Waals surface area contributed by atoms with Crippen molar-refractivity contribution in [2.24, 2.45) is 5.92 Å². The summed E-state index contributed by atoms with van der Waals surface area (Å²) in [5.74, 6) is -0.960. The summed E-state index contributed by atoms with van der Waals surface area (Å²) in [7, 11) is 0. The van der Waals surface area contributed by atoms with Crippen molar-refractivity contribution in [1.82, 2.24) is 5.32 Å². The van der Waals surface area contributed by atoms with Gasteiger partial charge in [-0.15, -0.1) is 0 Å². The molecule has 0 aromatic heterocycles. The van der Waals surface area contributed by atoms with E-state index in [4.69, 9.17) is 4.74 Å². The number of hydrogen-bond donors (Lipinski definition) is 1. The molecule has 2 atom stereocenters. The molecule has 76 valence electrons. The van der Waals surface area contributed by atoms with Crippen molar-refractivity contribution in [1.29, 1.82) is 0 Å². The van der Waals surface area contributed by atoms with Gasteiger partial charge in [0.25, 0.3) is 0 Å². The normalized spacial score (nSPS) is 33.3. The van der Waals surface area contributed by atoms with Crippen molar-refractivity contribution in [3.8, 4) is 0 Å². The molecule has 0 bridgehead atoms. The Kier molecular flexibility index (Phi) is 3.25. The van der Waals surface area contributed by atoms with E-state index in [0.717, 1.165) is 0 Å². The van der Waals surface area contributed by atoms with Gasteiger partial charge < -0.3 is 10.1 Å². The van der Waals surface area contributed by atoms with E-state index >= 15 is 0 Å². The Hall–Kier alpha value is -0.640. The van der Waals surface area contributed by atoms with Crippen LogP contribution in [0.4, 0.5) is 4.39 Å². The van der Waals surface area contributed by atoms with Crippen LogP contribution in [-0.2, 0) is 9.53 Å². The Morgan fingerprint density at radius 1 is 1.69 bits per heavy atom. The van der Waals surface area contributed by atoms with Crippen LogP contribution in [0, 0.1) is 5.92 Å². The molecule has 0 aliphatic carbocycles. The second-order valence-electron chi connectivity index (χ2n) is 3.32. The number of alkyl halides is 1. The van der Waals surface area contributed by atoms with Crippen LogP contribution in [-0.4, -0.2) is 31.3 Å². The van der Waals surface area contributed by atoms with Crippen LogP contribution in [0.5, 0.6) is 0 Å². The summed E-state index contributed by atoms with van der Waals surface area (Å²) in [6.45, 7) is 4.45. The van der Waals surface area contributed by atoms with E-state index in [9.17, 15) is 9.18 Å². The Bertz CT molecular complexity index is 198. The number of hydrogen-bond acceptors (Lipinski definition) is 3. The molecule has 0 saturated carbocycles. The van der Waals surface area contributed by atoms with Crippen molar-refractivity contribution in [2.75, 3.05) is 19.7 Å². The number of carbonyl (C=O) groups excluding carboxylic acids is 1. The van der Waals surface area contributed by atoms with Gasteiger partial charge in [0.2, 0.25) is 5.67 Å². The lowest BCUT2D eigenvalue weighted by Crippen LogP contribution is -2.42. The maximum absolute atomic E-state index is 14.0. The zero-order valence-corrected chi connectivity index (χ0v) is 8.10. The van der Waals surface area contributed by atoms with Crippen molar-refractivity contribution in [2.45, 2.75) is 25.9 Å². The molecule has 0 aromatic carbocycles. The number of rotatable bonds is 3. The molecule has 13 heavy (non-hydrogen) atoms. The molecule has 0 aromatic rings. The first-order valence-corrected chi connectivity index (χ1v) is 4.72. The summed E-state index contributed by atoms with van der Waals surface area (Å²) >= 11 is 0. The topological polar surface area (TPSA) is 38.3 Å². The second kappa shape index (κ2) is 4.05. The third-order valence-corrected chi connectivity index (χ3v) is 2.53. The summed E-state index contributed by atoms with van der Waals surface area (Å²) in [4.78, 5) is 11.3. The maximum atomic E-state index is 14.0. The molecule has 1 rings (SSSR count). The van der Waals surface area contributed by atoms with Gasteiger partial charge in [0.1, 0.15) is 0 Å². The lowest BCUT2D eigenvalue weighted by molar-refractivity contribution is -0.158. The average molecular weight is 189 g/mol. The van der Waals surface area contributed by atoms with Crippen LogP contribution in [0.25, 0.3) is 0 Å². The monoisotopic (exact) mass is 189 g/mol. The molecular weight excluding hydrogens is 173 g/mol. The second-order valence-corrected chi connectivity index (χ2v) is 3.32. The van der Waals surface area contributed by atoms with E-state index in [1.54, 1.807) is 6.92 Å². The highest BCUT2D eigenvalue weighted by Gasteiger charge is 2.50. The highest BCUT2D eigenvalue weighted by molar-refractivity contribution is 5.80. The minimum Gasteiger partial charge on any atom is -0.464 e. The number of halogens is 1. The van der Waals surface area contributed by atoms with Crippen LogP contribution in [0.1, 0.15) is 20.3 Å². The lowest BCUT2D eigenvalue weighted by atomic mass is 9.90. The highest BCUT2D eigenvalue weighted by atomic mass is 19.1. The number of nitrogens with one attached hydrogen (secondary N) is 1. The molecular formula is C9H16FNO2. The first-order chi connectivity index (χ1) is 6.15. The van der Waals surface area contributed by atoms with E-state index in [1.807, 2.05) is 6.92 Å². The van der Waals surface area contributed by atoms with E-state index in [0.29, 0.717) is 13.0 Å². The summed E-state index contributed by atoms with van der Waals surface area (Å²) in [5, 5.41) is 2.88. The predicted octanol–water partition coefficient (Wildman–Crippen LogP) is 0.887. The molecule has 0 spiro atoms. The molecule has 1 aliphatic rings. The quantitative estimate of drug-likeness (QED) is 0.670. The zero-order chi connectivity index (χ0) is 9.90. The van der Waals surface area contributed by atoms with Gasteiger partial charge in [-0.05, 0) is 13.3 Å². The van der Waals surface area contributed by atoms with Crippen LogP contribution in [0.2, 0.25) is 0 Å². The molecule has 0 unspecified atom stereocenters. The van der Waals surface area contributed by atoms with Gasteiger partial charge in [-0.25, -0.2) is 9.18 Å². The van der Waals surface area contributed by atoms with Gasteiger partial charge in [-0.3, -0.25) is 0 Å². The van der Waals surface area contributed by atoms with E-state index < -0.39 is 11.6 Å². The van der Waals surface area contributed by atoms with Gasteiger partial charge >= 0.3 is 5.97 Å². The maximum Gasteiger partial charge on any atom is 0.345 e. The summed E-state index contributed by atoms with van der Waals surface area (Å²) in [6.07, 6.45) is 0.655. The fourth-order valence-electron chi connectivity index (χ4n) is 1.69. The van der Waals surface area contributed by atoms with E-state index in [-0.39, 0.29) is 19.1 Å². The number of ether oxygens (including phenoxy) is 1. The molecule has 4 heteroatoms. The minimum atomic E-state index is -1.80. The Morgan fingerprint density at radius 2 is 2.38 bits per heavy atom. The molecule has 0 radical (unpaired) electrons. The third kappa shape index (κ3) is 1.82. The van der Waals surface area contributed by atoms with E-state index in [1.165, 1.54) is 0 Å². The molecule has 1 fully saturated rings. The number of esters is 1. The van der Waals surface area contributed by atoms with Crippen LogP contribution in [0.15, 0.2) is 0 Å². The van der Waals surface area contributed by atoms with Crippen molar-refractivity contribution < 1.29 is 13.9 Å². The van der Waals surface area contributed by atoms with Gasteiger partial charge in [0.15, 0.2) is 0 Å². The largest absolute Gasteiger partial charge is 0.464 e. The van der Waals surface area contributed by atoms with Gasteiger partial charge in [-0.2, -0.15) is 0 Å². The van der Waals surface area contributed by atoms with Gasteiger partial charge in [-0.1, -0.05) is 6.92 Å². The molecule has 1 N–H and O–H groups in total. The first-order valence-electron chi connectivity index (χ1n) is 4.72. The SMILES string of the molecule is CCOC(=O)[C@]1(F)CNC[C@H]1CC. The molecule has 3 nitrogen and oxygen atoms in total. The van der Waals surface area contributed by atoms with Gasteiger partial charge in [0.05, 0.1) is 6.61 Å². The minimum absolute atomic E-state index is 0.0876. The molecule has 0 amide bonds. The lowest BCUT2D eigenvalue weighted by Gasteiger charge is -2.22. The fourth-order valence-corrected chi connectivity index (χ4v) is 1.69. The van der Waals surface area contributed by atoms with Crippen LogP contribution in [0.3, 0.4) is 0 Å². The molecule has 1 heterocycles.